The summed E-state index contributed by atoms with van der Waals surface area (Å²) < 4.78 is 42.5. The van der Waals surface area contributed by atoms with Gasteiger partial charge in [0.15, 0.2) is 0 Å². The van der Waals surface area contributed by atoms with E-state index in [2.05, 4.69) is 0 Å². The van der Waals surface area contributed by atoms with Gasteiger partial charge in [0.2, 0.25) is 10.0 Å². The van der Waals surface area contributed by atoms with Crippen LogP contribution in [0.5, 0.6) is 0 Å². The SMILES string of the molecule is Cn1cc(S(=O)(=O)N(Cc2ccccc2F)C2CC2)cc1C(N)=O. The zero-order valence-corrected chi connectivity index (χ0v) is 14.0. The summed E-state index contributed by atoms with van der Waals surface area (Å²) in [5, 5.41) is 0. The summed E-state index contributed by atoms with van der Waals surface area (Å²) in [6.07, 6.45) is 2.83. The van der Waals surface area contributed by atoms with Crippen LogP contribution in [-0.4, -0.2) is 29.2 Å². The summed E-state index contributed by atoms with van der Waals surface area (Å²) in [7, 11) is -2.30. The molecule has 0 saturated heterocycles. The molecule has 6 nitrogen and oxygen atoms in total. The van der Waals surface area contributed by atoms with Crippen LogP contribution in [0.1, 0.15) is 28.9 Å². The van der Waals surface area contributed by atoms with Crippen LogP contribution >= 0.6 is 0 Å². The maximum absolute atomic E-state index is 13.9. The Morgan fingerprint density at radius 2 is 2.04 bits per heavy atom. The smallest absolute Gasteiger partial charge is 0.265 e. The molecule has 1 saturated carbocycles. The average Bonchev–Trinajstić information content (AvgIpc) is 3.26. The third kappa shape index (κ3) is 3.07. The van der Waals surface area contributed by atoms with Crippen LogP contribution in [0.3, 0.4) is 0 Å². The summed E-state index contributed by atoms with van der Waals surface area (Å²) in [4.78, 5) is 11.3. The van der Waals surface area contributed by atoms with Gasteiger partial charge >= 0.3 is 0 Å². The van der Waals surface area contributed by atoms with Crippen molar-refractivity contribution in [2.75, 3.05) is 0 Å². The zero-order valence-electron chi connectivity index (χ0n) is 13.1. The number of hydrogen-bond donors (Lipinski definition) is 1. The molecule has 0 aliphatic heterocycles. The van der Waals surface area contributed by atoms with Crippen LogP contribution in [0.25, 0.3) is 0 Å². The fourth-order valence-corrected chi connectivity index (χ4v) is 4.36. The van der Waals surface area contributed by atoms with E-state index >= 15 is 0 Å². The molecule has 0 radical (unpaired) electrons. The molecular formula is C16H18FN3O3S. The molecule has 1 aromatic carbocycles. The summed E-state index contributed by atoms with van der Waals surface area (Å²) in [5.41, 5.74) is 5.67. The minimum Gasteiger partial charge on any atom is -0.364 e. The molecule has 0 spiro atoms. The highest BCUT2D eigenvalue weighted by atomic mass is 32.2. The summed E-state index contributed by atoms with van der Waals surface area (Å²) in [5.74, 6) is -1.14. The van der Waals surface area contributed by atoms with Crippen LogP contribution in [0.4, 0.5) is 4.39 Å². The number of carbonyl (C=O) groups is 1. The quantitative estimate of drug-likeness (QED) is 0.858. The van der Waals surface area contributed by atoms with Gasteiger partial charge in [0.25, 0.3) is 5.91 Å². The minimum atomic E-state index is -3.85. The minimum absolute atomic E-state index is 0.0120. The summed E-state index contributed by atoms with van der Waals surface area (Å²) >= 11 is 0. The second kappa shape index (κ2) is 6.03. The van der Waals surface area contributed by atoms with Crippen molar-refractivity contribution in [1.29, 1.82) is 0 Å². The number of aromatic nitrogens is 1. The first-order valence-corrected chi connectivity index (χ1v) is 8.96. The van der Waals surface area contributed by atoms with Gasteiger partial charge in [-0.2, -0.15) is 4.31 Å². The van der Waals surface area contributed by atoms with Gasteiger partial charge in [0, 0.05) is 31.4 Å². The van der Waals surface area contributed by atoms with Gasteiger partial charge in [-0.1, -0.05) is 18.2 Å². The number of halogens is 1. The zero-order chi connectivity index (χ0) is 17.5. The number of amides is 1. The molecular weight excluding hydrogens is 333 g/mol. The molecule has 1 fully saturated rings. The van der Waals surface area contributed by atoms with Crippen molar-refractivity contribution in [3.63, 3.8) is 0 Å². The van der Waals surface area contributed by atoms with Crippen molar-refractivity contribution in [2.45, 2.75) is 30.3 Å². The van der Waals surface area contributed by atoms with E-state index in [4.69, 9.17) is 5.73 Å². The van der Waals surface area contributed by atoms with Gasteiger partial charge in [0.05, 0.1) is 0 Å². The molecule has 0 unspecified atom stereocenters. The number of benzene rings is 1. The van der Waals surface area contributed by atoms with Crippen molar-refractivity contribution in [1.82, 2.24) is 8.87 Å². The Morgan fingerprint density at radius 3 is 2.58 bits per heavy atom. The van der Waals surface area contributed by atoms with Crippen molar-refractivity contribution >= 4 is 15.9 Å². The molecule has 0 atom stereocenters. The van der Waals surface area contributed by atoms with Gasteiger partial charge < -0.3 is 10.3 Å². The normalized spacial score (nSPS) is 15.0. The third-order valence-corrected chi connectivity index (χ3v) is 5.94. The Bertz CT molecular complexity index is 888. The lowest BCUT2D eigenvalue weighted by Gasteiger charge is -2.21. The second-order valence-corrected chi connectivity index (χ2v) is 7.80. The van der Waals surface area contributed by atoms with Crippen LogP contribution in [0, 0.1) is 5.82 Å². The van der Waals surface area contributed by atoms with E-state index in [1.807, 2.05) is 0 Å². The lowest BCUT2D eigenvalue weighted by Crippen LogP contribution is -2.32. The van der Waals surface area contributed by atoms with E-state index < -0.39 is 21.7 Å². The molecule has 1 heterocycles. The summed E-state index contributed by atoms with van der Waals surface area (Å²) in [6, 6.07) is 7.22. The van der Waals surface area contributed by atoms with E-state index in [1.54, 1.807) is 25.2 Å². The fraction of sp³-hybridized carbons (Fsp3) is 0.312. The molecule has 1 aliphatic carbocycles. The maximum atomic E-state index is 13.9. The highest BCUT2D eigenvalue weighted by Crippen LogP contribution is 2.34. The molecule has 0 bridgehead atoms. The van der Waals surface area contributed by atoms with E-state index in [0.717, 1.165) is 12.8 Å². The number of rotatable bonds is 6. The Balaban J connectivity index is 1.97. The van der Waals surface area contributed by atoms with Gasteiger partial charge in [-0.15, -0.1) is 0 Å². The lowest BCUT2D eigenvalue weighted by atomic mass is 10.2. The Morgan fingerprint density at radius 1 is 1.38 bits per heavy atom. The molecule has 8 heteroatoms. The van der Waals surface area contributed by atoms with E-state index in [9.17, 15) is 17.6 Å². The molecule has 2 N–H and O–H groups in total. The average molecular weight is 351 g/mol. The van der Waals surface area contributed by atoms with Crippen LogP contribution in [0.15, 0.2) is 41.4 Å². The number of hydrogen-bond acceptors (Lipinski definition) is 3. The van der Waals surface area contributed by atoms with Crippen LogP contribution < -0.4 is 5.73 Å². The number of primary amides is 1. The Labute approximate surface area is 139 Å². The Kier molecular flexibility index (Phi) is 4.18. The van der Waals surface area contributed by atoms with Crippen molar-refractivity contribution in [3.8, 4) is 0 Å². The molecule has 1 aromatic heterocycles. The first kappa shape index (κ1) is 16.7. The van der Waals surface area contributed by atoms with Gasteiger partial charge in [-0.25, -0.2) is 12.8 Å². The molecule has 2 aromatic rings. The van der Waals surface area contributed by atoms with Crippen LogP contribution in [0.2, 0.25) is 0 Å². The van der Waals surface area contributed by atoms with Crippen molar-refractivity contribution in [3.05, 3.63) is 53.6 Å². The van der Waals surface area contributed by atoms with Gasteiger partial charge in [-0.3, -0.25) is 4.79 Å². The Hall–Kier alpha value is -2.19. The predicted molar refractivity (Wildman–Crippen MR) is 86.1 cm³/mol. The number of carbonyl (C=O) groups excluding carboxylic acids is 1. The molecule has 3 rings (SSSR count). The lowest BCUT2D eigenvalue weighted by molar-refractivity contribution is 0.0992. The van der Waals surface area contributed by atoms with Gasteiger partial charge in [-0.05, 0) is 25.0 Å². The number of aryl methyl sites for hydroxylation is 1. The molecule has 1 amide bonds. The highest BCUT2D eigenvalue weighted by molar-refractivity contribution is 7.89. The molecule has 1 aliphatic rings. The van der Waals surface area contributed by atoms with Crippen molar-refractivity contribution < 1.29 is 17.6 Å². The third-order valence-electron chi connectivity index (χ3n) is 4.08. The fourth-order valence-electron chi connectivity index (χ4n) is 2.62. The van der Waals surface area contributed by atoms with Crippen LogP contribution in [-0.2, 0) is 23.6 Å². The highest BCUT2D eigenvalue weighted by Gasteiger charge is 2.39. The predicted octanol–water partition coefficient (Wildman–Crippen LogP) is 1.62. The topological polar surface area (TPSA) is 85.4 Å². The van der Waals surface area contributed by atoms with E-state index in [0.29, 0.717) is 5.56 Å². The monoisotopic (exact) mass is 351 g/mol. The standard InChI is InChI=1S/C16H18FN3O3S/c1-19-10-13(8-15(19)16(18)21)24(22,23)20(12-6-7-12)9-11-4-2-3-5-14(11)17/h2-5,8,10,12H,6-7,9H2,1H3,(H2,18,21). The van der Waals surface area contributed by atoms with E-state index in [1.165, 1.54) is 27.2 Å². The second-order valence-electron chi connectivity index (χ2n) is 5.91. The molecule has 24 heavy (non-hydrogen) atoms. The first-order chi connectivity index (χ1) is 11.3. The molecule has 128 valence electrons. The first-order valence-electron chi connectivity index (χ1n) is 7.52. The van der Waals surface area contributed by atoms with Crippen molar-refractivity contribution in [2.24, 2.45) is 12.8 Å². The van der Waals surface area contributed by atoms with Gasteiger partial charge in [0.1, 0.15) is 16.4 Å². The summed E-state index contributed by atoms with van der Waals surface area (Å²) in [6.45, 7) is -0.0412. The number of nitrogens with two attached hydrogens (primary N) is 1. The number of sulfonamides is 1. The largest absolute Gasteiger partial charge is 0.364 e. The maximum Gasteiger partial charge on any atom is 0.265 e. The van der Waals surface area contributed by atoms with E-state index in [-0.39, 0.29) is 23.2 Å². The number of nitrogens with zero attached hydrogens (tertiary/aromatic N) is 2.